The summed E-state index contributed by atoms with van der Waals surface area (Å²) in [5, 5.41) is 8.41. The summed E-state index contributed by atoms with van der Waals surface area (Å²) in [5.41, 5.74) is 1.35. The zero-order valence-electron chi connectivity index (χ0n) is 16.4. The molecule has 0 amide bonds. The Kier molecular flexibility index (Phi) is 7.56. The number of rotatable bonds is 8. The lowest BCUT2D eigenvalue weighted by Crippen LogP contribution is -2.36. The van der Waals surface area contributed by atoms with E-state index in [0.717, 1.165) is 5.56 Å². The predicted octanol–water partition coefficient (Wildman–Crippen LogP) is 3.23. The van der Waals surface area contributed by atoms with Crippen LogP contribution in [0.15, 0.2) is 75.9 Å². The Bertz CT molecular complexity index is 1100. The van der Waals surface area contributed by atoms with Crippen molar-refractivity contribution in [1.29, 1.82) is 0 Å². The molecule has 0 saturated carbocycles. The van der Waals surface area contributed by atoms with E-state index in [2.05, 4.69) is 20.3 Å². The van der Waals surface area contributed by atoms with E-state index in [-0.39, 0.29) is 11.4 Å². The second kappa shape index (κ2) is 10.3. The van der Waals surface area contributed by atoms with Gasteiger partial charge in [-0.15, -0.1) is 11.3 Å². The smallest absolute Gasteiger partial charge is 0.240 e. The van der Waals surface area contributed by atoms with Crippen molar-refractivity contribution in [2.45, 2.75) is 24.5 Å². The van der Waals surface area contributed by atoms with Gasteiger partial charge in [0.15, 0.2) is 5.96 Å². The molecule has 0 fully saturated rings. The molecule has 3 aromatic rings. The highest BCUT2D eigenvalue weighted by atomic mass is 32.2. The van der Waals surface area contributed by atoms with Crippen LogP contribution in [0.4, 0.5) is 4.39 Å². The number of benzene rings is 2. The summed E-state index contributed by atoms with van der Waals surface area (Å²) in [6, 6.07) is 16.5. The van der Waals surface area contributed by atoms with Crippen LogP contribution in [0, 0.1) is 5.82 Å². The number of guanidine groups is 1. The normalized spacial score (nSPS) is 12.0. The van der Waals surface area contributed by atoms with Crippen LogP contribution in [0.25, 0.3) is 0 Å². The lowest BCUT2D eigenvalue weighted by molar-refractivity contribution is 0.580. The zero-order chi connectivity index (χ0) is 21.4. The Morgan fingerprint density at radius 1 is 0.967 bits per heavy atom. The van der Waals surface area contributed by atoms with Crippen molar-refractivity contribution in [3.63, 3.8) is 0 Å². The highest BCUT2D eigenvalue weighted by Gasteiger charge is 2.14. The van der Waals surface area contributed by atoms with Gasteiger partial charge in [0.1, 0.15) is 5.82 Å². The molecule has 158 valence electrons. The highest BCUT2D eigenvalue weighted by molar-refractivity contribution is 7.89. The van der Waals surface area contributed by atoms with Crippen LogP contribution in [0.3, 0.4) is 0 Å². The van der Waals surface area contributed by atoms with Gasteiger partial charge in [-0.2, -0.15) is 0 Å². The van der Waals surface area contributed by atoms with Gasteiger partial charge in [-0.3, -0.25) is 4.99 Å². The molecule has 0 atom stereocenters. The Balaban J connectivity index is 1.58. The van der Waals surface area contributed by atoms with E-state index in [1.165, 1.54) is 23.1 Å². The standard InChI is InChI=1S/C21H23FN4O2S2/c1-23-21(25-15-19-8-4-10-29-19)24-13-17-6-3-9-20(12-17)30(27,28)26-14-16-5-2-7-18(22)11-16/h2-12,26H,13-15H2,1H3,(H2,23,24,25). The molecular formula is C21H23FN4O2S2. The maximum Gasteiger partial charge on any atom is 0.240 e. The Morgan fingerprint density at radius 3 is 2.40 bits per heavy atom. The molecule has 2 aromatic carbocycles. The summed E-state index contributed by atoms with van der Waals surface area (Å²) in [5.74, 6) is 0.224. The molecule has 30 heavy (non-hydrogen) atoms. The third kappa shape index (κ3) is 6.38. The molecule has 0 aliphatic heterocycles. The van der Waals surface area contributed by atoms with Gasteiger partial charge < -0.3 is 10.6 Å². The van der Waals surface area contributed by atoms with E-state index in [0.29, 0.717) is 24.6 Å². The van der Waals surface area contributed by atoms with Crippen molar-refractivity contribution in [3.8, 4) is 0 Å². The molecule has 0 unspecified atom stereocenters. The van der Waals surface area contributed by atoms with E-state index < -0.39 is 15.8 Å². The molecule has 0 bridgehead atoms. The Labute approximate surface area is 179 Å². The van der Waals surface area contributed by atoms with Gasteiger partial charge >= 0.3 is 0 Å². The third-order valence-electron chi connectivity index (χ3n) is 4.26. The summed E-state index contributed by atoms with van der Waals surface area (Å²) in [6.07, 6.45) is 0. The van der Waals surface area contributed by atoms with E-state index in [1.807, 2.05) is 23.6 Å². The summed E-state index contributed by atoms with van der Waals surface area (Å²) in [7, 11) is -2.04. The fourth-order valence-electron chi connectivity index (χ4n) is 2.72. The molecule has 1 heterocycles. The summed E-state index contributed by atoms with van der Waals surface area (Å²) in [6.45, 7) is 1.09. The number of halogens is 1. The first-order valence-electron chi connectivity index (χ1n) is 9.26. The molecule has 0 radical (unpaired) electrons. The monoisotopic (exact) mass is 446 g/mol. The van der Waals surface area contributed by atoms with Crippen LogP contribution < -0.4 is 15.4 Å². The lowest BCUT2D eigenvalue weighted by atomic mass is 10.2. The van der Waals surface area contributed by atoms with Crippen LogP contribution in [-0.4, -0.2) is 21.4 Å². The van der Waals surface area contributed by atoms with Gasteiger partial charge in [-0.1, -0.05) is 30.3 Å². The molecular weight excluding hydrogens is 423 g/mol. The van der Waals surface area contributed by atoms with E-state index in [9.17, 15) is 12.8 Å². The van der Waals surface area contributed by atoms with Crippen LogP contribution in [-0.2, 0) is 29.7 Å². The number of aliphatic imine (C=N–C) groups is 1. The number of thiophene rings is 1. The minimum atomic E-state index is -3.72. The van der Waals surface area contributed by atoms with Crippen LogP contribution >= 0.6 is 11.3 Å². The highest BCUT2D eigenvalue weighted by Crippen LogP contribution is 2.13. The first kappa shape index (κ1) is 21.9. The predicted molar refractivity (Wildman–Crippen MR) is 118 cm³/mol. The van der Waals surface area contributed by atoms with Gasteiger partial charge in [-0.25, -0.2) is 17.5 Å². The zero-order valence-corrected chi connectivity index (χ0v) is 18.1. The molecule has 9 heteroatoms. The maximum atomic E-state index is 13.3. The minimum Gasteiger partial charge on any atom is -0.352 e. The van der Waals surface area contributed by atoms with E-state index in [1.54, 1.807) is 42.6 Å². The topological polar surface area (TPSA) is 82.6 Å². The molecule has 6 nitrogen and oxygen atoms in total. The molecule has 0 aliphatic carbocycles. The molecule has 3 N–H and O–H groups in total. The Hall–Kier alpha value is -2.75. The number of hydrogen-bond acceptors (Lipinski definition) is 4. The van der Waals surface area contributed by atoms with Crippen LogP contribution in [0.2, 0.25) is 0 Å². The van der Waals surface area contributed by atoms with E-state index >= 15 is 0 Å². The number of hydrogen-bond donors (Lipinski definition) is 3. The van der Waals surface area contributed by atoms with Crippen molar-refractivity contribution < 1.29 is 12.8 Å². The van der Waals surface area contributed by atoms with Crippen molar-refractivity contribution in [2.75, 3.05) is 7.05 Å². The summed E-state index contributed by atoms with van der Waals surface area (Å²) < 4.78 is 41.0. The van der Waals surface area contributed by atoms with Crippen molar-refractivity contribution in [1.82, 2.24) is 15.4 Å². The molecule has 0 saturated heterocycles. The average Bonchev–Trinajstić information content (AvgIpc) is 3.26. The fourth-order valence-corrected chi connectivity index (χ4v) is 4.45. The number of nitrogens with zero attached hydrogens (tertiary/aromatic N) is 1. The van der Waals surface area contributed by atoms with Crippen molar-refractivity contribution in [3.05, 3.63) is 87.9 Å². The largest absolute Gasteiger partial charge is 0.352 e. The SMILES string of the molecule is CN=C(NCc1cccc(S(=O)(=O)NCc2cccc(F)c2)c1)NCc1cccs1. The molecule has 1 aromatic heterocycles. The van der Waals surface area contributed by atoms with Crippen molar-refractivity contribution in [2.24, 2.45) is 4.99 Å². The summed E-state index contributed by atoms with van der Waals surface area (Å²) >= 11 is 1.66. The maximum absolute atomic E-state index is 13.3. The second-order valence-corrected chi connectivity index (χ2v) is 9.26. The third-order valence-corrected chi connectivity index (χ3v) is 6.53. The van der Waals surface area contributed by atoms with Gasteiger partial charge in [0.25, 0.3) is 0 Å². The van der Waals surface area contributed by atoms with Gasteiger partial charge in [0, 0.05) is 25.0 Å². The fraction of sp³-hybridized carbons (Fsp3) is 0.190. The van der Waals surface area contributed by atoms with Gasteiger partial charge in [0.2, 0.25) is 10.0 Å². The lowest BCUT2D eigenvalue weighted by Gasteiger charge is -2.12. The number of sulfonamides is 1. The average molecular weight is 447 g/mol. The minimum absolute atomic E-state index is 0.0157. The second-order valence-electron chi connectivity index (χ2n) is 6.46. The van der Waals surface area contributed by atoms with Gasteiger partial charge in [-0.05, 0) is 46.8 Å². The Morgan fingerprint density at radius 2 is 1.70 bits per heavy atom. The quantitative estimate of drug-likeness (QED) is 0.367. The van der Waals surface area contributed by atoms with E-state index in [4.69, 9.17) is 0 Å². The van der Waals surface area contributed by atoms with Gasteiger partial charge in [0.05, 0.1) is 11.4 Å². The summed E-state index contributed by atoms with van der Waals surface area (Å²) in [4.78, 5) is 5.52. The van der Waals surface area contributed by atoms with Crippen LogP contribution in [0.1, 0.15) is 16.0 Å². The van der Waals surface area contributed by atoms with Crippen molar-refractivity contribution >= 4 is 27.3 Å². The first-order valence-corrected chi connectivity index (χ1v) is 11.6. The first-order chi connectivity index (χ1) is 14.5. The molecule has 0 aliphatic rings. The molecule has 3 rings (SSSR count). The van der Waals surface area contributed by atoms with Crippen LogP contribution in [0.5, 0.6) is 0 Å². The molecule has 0 spiro atoms. The number of nitrogens with one attached hydrogen (secondary N) is 3.